The maximum Gasteiger partial charge on any atom is 0.212 e. The molecule has 20 heavy (non-hydrogen) atoms. The van der Waals surface area contributed by atoms with Crippen LogP contribution in [0.3, 0.4) is 0 Å². The molecule has 0 heterocycles. The first-order chi connectivity index (χ1) is 9.35. The molecule has 5 nitrogen and oxygen atoms in total. The molecule has 0 saturated heterocycles. The van der Waals surface area contributed by atoms with E-state index in [9.17, 15) is 8.42 Å². The molecule has 0 aliphatic carbocycles. The maximum atomic E-state index is 11.9. The summed E-state index contributed by atoms with van der Waals surface area (Å²) < 4.78 is 26.3. The van der Waals surface area contributed by atoms with Crippen molar-refractivity contribution in [1.29, 1.82) is 0 Å². The zero-order valence-electron chi connectivity index (χ0n) is 11.7. The van der Waals surface area contributed by atoms with E-state index in [-0.39, 0.29) is 18.3 Å². The van der Waals surface area contributed by atoms with Crippen LogP contribution in [0.2, 0.25) is 0 Å². The average Bonchev–Trinajstić information content (AvgIpc) is 2.38. The Kier molecular flexibility index (Phi) is 6.81. The van der Waals surface area contributed by atoms with E-state index in [0.29, 0.717) is 11.4 Å². The monoisotopic (exact) mass is 318 g/mol. The smallest absolute Gasteiger partial charge is 0.212 e. The second-order valence-electron chi connectivity index (χ2n) is 4.86. The number of thioether (sulfide) groups is 1. The predicted molar refractivity (Wildman–Crippen MR) is 84.2 cm³/mol. The highest BCUT2D eigenvalue weighted by atomic mass is 32.2. The molecule has 0 amide bonds. The molecule has 0 saturated carbocycles. The van der Waals surface area contributed by atoms with Crippen LogP contribution in [0, 0.1) is 5.92 Å². The van der Waals surface area contributed by atoms with Crippen LogP contribution in [0.4, 0.5) is 5.69 Å². The summed E-state index contributed by atoms with van der Waals surface area (Å²) in [6.07, 6.45) is 0. The molecule has 0 aromatic heterocycles. The first-order valence-electron chi connectivity index (χ1n) is 6.44. The maximum absolute atomic E-state index is 11.9. The summed E-state index contributed by atoms with van der Waals surface area (Å²) in [6, 6.07) is 6.92. The van der Waals surface area contributed by atoms with E-state index in [1.165, 1.54) is 11.8 Å². The standard InChI is InChI=1S/C13H22N2O3S2/c1-10(2)12(9-16)15-20(17,18)8-7-19-13-6-4-3-5-11(13)14/h3-6,10,12,15-16H,7-9,14H2,1-2H3. The lowest BCUT2D eigenvalue weighted by Gasteiger charge is -2.19. The van der Waals surface area contributed by atoms with Crippen LogP contribution < -0.4 is 10.5 Å². The molecule has 4 N–H and O–H groups in total. The van der Waals surface area contributed by atoms with Crippen molar-refractivity contribution < 1.29 is 13.5 Å². The van der Waals surface area contributed by atoms with Crippen LogP contribution in [0.1, 0.15) is 13.8 Å². The van der Waals surface area contributed by atoms with Gasteiger partial charge in [0.15, 0.2) is 0 Å². The van der Waals surface area contributed by atoms with Gasteiger partial charge in [-0.05, 0) is 18.1 Å². The summed E-state index contributed by atoms with van der Waals surface area (Å²) in [5, 5.41) is 9.15. The highest BCUT2D eigenvalue weighted by molar-refractivity contribution is 8.00. The minimum absolute atomic E-state index is 0.00474. The minimum atomic E-state index is -3.39. The van der Waals surface area contributed by atoms with Crippen molar-refractivity contribution in [2.24, 2.45) is 5.92 Å². The molecule has 7 heteroatoms. The first kappa shape index (κ1) is 17.3. The third-order valence-corrected chi connectivity index (χ3v) is 5.61. The Bertz CT molecular complexity index is 518. The largest absolute Gasteiger partial charge is 0.398 e. The second-order valence-corrected chi connectivity index (χ2v) is 7.87. The molecule has 0 radical (unpaired) electrons. The number of aliphatic hydroxyl groups is 1. The molecule has 114 valence electrons. The lowest BCUT2D eigenvalue weighted by molar-refractivity contribution is 0.228. The SMILES string of the molecule is CC(C)C(CO)NS(=O)(=O)CCSc1ccccc1N. The van der Waals surface area contributed by atoms with Crippen LogP contribution >= 0.6 is 11.8 Å². The van der Waals surface area contributed by atoms with Crippen LogP contribution in [0.15, 0.2) is 29.2 Å². The van der Waals surface area contributed by atoms with E-state index in [2.05, 4.69) is 4.72 Å². The number of benzene rings is 1. The van der Waals surface area contributed by atoms with Crippen molar-refractivity contribution in [3.05, 3.63) is 24.3 Å². The first-order valence-corrected chi connectivity index (χ1v) is 9.07. The van der Waals surface area contributed by atoms with Gasteiger partial charge in [0.1, 0.15) is 0 Å². The Labute approximate surface area is 125 Å². The van der Waals surface area contributed by atoms with Gasteiger partial charge in [-0.2, -0.15) is 0 Å². The van der Waals surface area contributed by atoms with Gasteiger partial charge in [0, 0.05) is 22.4 Å². The zero-order valence-corrected chi connectivity index (χ0v) is 13.4. The normalized spacial score (nSPS) is 13.6. The fourth-order valence-corrected chi connectivity index (χ4v) is 4.31. The number of anilines is 1. The number of nitrogens with two attached hydrogens (primary N) is 1. The molecular formula is C13H22N2O3S2. The highest BCUT2D eigenvalue weighted by Gasteiger charge is 2.19. The Morgan fingerprint density at radius 3 is 2.55 bits per heavy atom. The van der Waals surface area contributed by atoms with Crippen molar-refractivity contribution in [1.82, 2.24) is 4.72 Å². The summed E-state index contributed by atoms with van der Waals surface area (Å²) >= 11 is 1.41. The Hall–Kier alpha value is -0.760. The fraction of sp³-hybridized carbons (Fsp3) is 0.538. The Morgan fingerprint density at radius 1 is 1.35 bits per heavy atom. The quantitative estimate of drug-likeness (QED) is 0.496. The summed E-state index contributed by atoms with van der Waals surface area (Å²) in [5.74, 6) is 0.460. The molecule has 0 fully saturated rings. The van der Waals surface area contributed by atoms with Crippen molar-refractivity contribution in [3.8, 4) is 0 Å². The molecular weight excluding hydrogens is 296 g/mol. The average molecular weight is 318 g/mol. The summed E-state index contributed by atoms with van der Waals surface area (Å²) in [7, 11) is -3.39. The van der Waals surface area contributed by atoms with Gasteiger partial charge in [0.05, 0.1) is 12.4 Å². The molecule has 0 aliphatic rings. The van der Waals surface area contributed by atoms with Crippen molar-refractivity contribution >= 4 is 27.5 Å². The molecule has 1 atom stereocenters. The summed E-state index contributed by atoms with van der Waals surface area (Å²) in [6.45, 7) is 3.53. The van der Waals surface area contributed by atoms with Crippen molar-refractivity contribution in [2.75, 3.05) is 23.8 Å². The molecule has 1 unspecified atom stereocenters. The van der Waals surface area contributed by atoms with Crippen molar-refractivity contribution in [2.45, 2.75) is 24.8 Å². The van der Waals surface area contributed by atoms with Gasteiger partial charge in [-0.15, -0.1) is 11.8 Å². The molecule has 0 bridgehead atoms. The lowest BCUT2D eigenvalue weighted by atomic mass is 10.1. The van der Waals surface area contributed by atoms with Gasteiger partial charge >= 0.3 is 0 Å². The van der Waals surface area contributed by atoms with Gasteiger partial charge < -0.3 is 10.8 Å². The van der Waals surface area contributed by atoms with E-state index >= 15 is 0 Å². The van der Waals surface area contributed by atoms with Crippen molar-refractivity contribution in [3.63, 3.8) is 0 Å². The van der Waals surface area contributed by atoms with Gasteiger partial charge in [0.2, 0.25) is 10.0 Å². The van der Waals surface area contributed by atoms with E-state index in [4.69, 9.17) is 10.8 Å². The third kappa shape index (κ3) is 5.70. The van der Waals surface area contributed by atoms with Gasteiger partial charge in [0.25, 0.3) is 0 Å². The topological polar surface area (TPSA) is 92.4 Å². The summed E-state index contributed by atoms with van der Waals surface area (Å²) in [5.41, 5.74) is 6.44. The third-order valence-electron chi connectivity index (χ3n) is 2.86. The van der Waals surface area contributed by atoms with Crippen LogP contribution in [0.5, 0.6) is 0 Å². The molecule has 1 aromatic carbocycles. The molecule has 0 spiro atoms. The number of hydrogen-bond acceptors (Lipinski definition) is 5. The number of para-hydroxylation sites is 1. The van der Waals surface area contributed by atoms with Crippen LogP contribution in [-0.4, -0.2) is 37.7 Å². The molecule has 1 aromatic rings. The number of hydrogen-bond donors (Lipinski definition) is 3. The zero-order chi connectivity index (χ0) is 15.2. The number of sulfonamides is 1. The van der Waals surface area contributed by atoms with Gasteiger partial charge in [-0.25, -0.2) is 13.1 Å². The lowest BCUT2D eigenvalue weighted by Crippen LogP contribution is -2.42. The number of rotatable bonds is 8. The Balaban J connectivity index is 2.50. The van der Waals surface area contributed by atoms with Gasteiger partial charge in [-0.1, -0.05) is 26.0 Å². The highest BCUT2D eigenvalue weighted by Crippen LogP contribution is 2.24. The predicted octanol–water partition coefficient (Wildman–Crippen LogP) is 1.30. The molecule has 0 aliphatic heterocycles. The second kappa shape index (κ2) is 7.87. The minimum Gasteiger partial charge on any atom is -0.398 e. The van der Waals surface area contributed by atoms with Crippen LogP contribution in [0.25, 0.3) is 0 Å². The number of nitrogens with one attached hydrogen (secondary N) is 1. The fourth-order valence-electron chi connectivity index (χ4n) is 1.55. The van der Waals surface area contributed by atoms with E-state index < -0.39 is 16.1 Å². The van der Waals surface area contributed by atoms with Crippen LogP contribution in [-0.2, 0) is 10.0 Å². The summed E-state index contributed by atoms with van der Waals surface area (Å²) in [4.78, 5) is 0.880. The Morgan fingerprint density at radius 2 is 2.00 bits per heavy atom. The number of aliphatic hydroxyl groups excluding tert-OH is 1. The number of nitrogen functional groups attached to an aromatic ring is 1. The van der Waals surface area contributed by atoms with Gasteiger partial charge in [-0.3, -0.25) is 0 Å². The van der Waals surface area contributed by atoms with E-state index in [1.54, 1.807) is 6.07 Å². The van der Waals surface area contributed by atoms with E-state index in [1.807, 2.05) is 32.0 Å². The molecule has 1 rings (SSSR count). The van der Waals surface area contributed by atoms with E-state index in [0.717, 1.165) is 4.90 Å².